The number of hydrogen-bond acceptors (Lipinski definition) is 3. The van der Waals surface area contributed by atoms with Crippen LogP contribution in [0.4, 0.5) is 0 Å². The molecule has 2 aromatic heterocycles. The van der Waals surface area contributed by atoms with Gasteiger partial charge < -0.3 is 0 Å². The Balaban J connectivity index is 2.19. The van der Waals surface area contributed by atoms with Crippen LogP contribution in [-0.4, -0.2) is 16.3 Å². The fourth-order valence-corrected chi connectivity index (χ4v) is 2.50. The second-order valence-electron chi connectivity index (χ2n) is 4.91. The number of para-hydroxylation sites is 1. The third-order valence-electron chi connectivity index (χ3n) is 3.59. The average molecular weight is 287 g/mol. The summed E-state index contributed by atoms with van der Waals surface area (Å²) in [7, 11) is 0. The largest absolute Gasteiger partial charge is 0.285 e. The van der Waals surface area contributed by atoms with E-state index in [1.807, 2.05) is 61.5 Å². The SMILES string of the molecule is CC/C(=C(\[C]=O)c1ccc2ccccc2n1)c1ccccn1. The summed E-state index contributed by atoms with van der Waals surface area (Å²) in [4.78, 5) is 20.5. The number of pyridine rings is 2. The van der Waals surface area contributed by atoms with E-state index in [2.05, 4.69) is 16.3 Å². The van der Waals surface area contributed by atoms with Gasteiger partial charge in [0.2, 0.25) is 6.29 Å². The van der Waals surface area contributed by atoms with Crippen molar-refractivity contribution in [1.29, 1.82) is 0 Å². The first-order valence-corrected chi connectivity index (χ1v) is 7.22. The van der Waals surface area contributed by atoms with Crippen LogP contribution in [0.2, 0.25) is 0 Å². The van der Waals surface area contributed by atoms with Crippen molar-refractivity contribution in [3.63, 3.8) is 0 Å². The van der Waals surface area contributed by atoms with E-state index in [1.54, 1.807) is 6.20 Å². The first kappa shape index (κ1) is 14.1. The Kier molecular flexibility index (Phi) is 4.05. The minimum absolute atomic E-state index is 0.479. The van der Waals surface area contributed by atoms with Crippen LogP contribution in [-0.2, 0) is 4.79 Å². The lowest BCUT2D eigenvalue weighted by Crippen LogP contribution is -1.98. The molecule has 0 atom stereocenters. The molecule has 0 unspecified atom stereocenters. The Morgan fingerprint density at radius 3 is 2.55 bits per heavy atom. The van der Waals surface area contributed by atoms with Gasteiger partial charge in [-0.05, 0) is 36.3 Å². The molecule has 0 saturated carbocycles. The molecule has 0 aliphatic carbocycles. The van der Waals surface area contributed by atoms with E-state index in [0.717, 1.165) is 22.2 Å². The molecule has 0 bridgehead atoms. The number of aromatic nitrogens is 2. The van der Waals surface area contributed by atoms with Crippen LogP contribution in [0.25, 0.3) is 22.0 Å². The number of rotatable bonds is 4. The second-order valence-corrected chi connectivity index (χ2v) is 4.91. The van der Waals surface area contributed by atoms with Crippen molar-refractivity contribution in [2.24, 2.45) is 0 Å². The summed E-state index contributed by atoms with van der Waals surface area (Å²) in [6, 6.07) is 17.3. The van der Waals surface area contributed by atoms with Crippen LogP contribution in [0.3, 0.4) is 0 Å². The van der Waals surface area contributed by atoms with E-state index < -0.39 is 0 Å². The molecule has 2 heterocycles. The fourth-order valence-electron chi connectivity index (χ4n) is 2.50. The first-order valence-electron chi connectivity index (χ1n) is 7.22. The maximum atomic E-state index is 11.6. The van der Waals surface area contributed by atoms with Crippen molar-refractivity contribution >= 4 is 28.3 Å². The summed E-state index contributed by atoms with van der Waals surface area (Å²) in [5.41, 5.74) is 3.63. The first-order chi connectivity index (χ1) is 10.8. The Hall–Kier alpha value is -2.81. The fraction of sp³-hybridized carbons (Fsp3) is 0.105. The standard InChI is InChI=1S/C19H15N2O/c1-2-15(18-9-5-6-12-20-18)16(13-22)19-11-10-14-7-3-4-8-17(14)21-19/h3-12H,2H2,1H3/b16-15-. The summed E-state index contributed by atoms with van der Waals surface area (Å²) < 4.78 is 0. The third kappa shape index (κ3) is 2.66. The zero-order chi connectivity index (χ0) is 15.4. The predicted molar refractivity (Wildman–Crippen MR) is 88.8 cm³/mol. The predicted octanol–water partition coefficient (Wildman–Crippen LogP) is 4.06. The van der Waals surface area contributed by atoms with Gasteiger partial charge in [0.25, 0.3) is 0 Å². The van der Waals surface area contributed by atoms with Crippen LogP contribution in [0.1, 0.15) is 24.7 Å². The summed E-state index contributed by atoms with van der Waals surface area (Å²) in [6.07, 6.45) is 4.47. The molecule has 0 N–H and O–H groups in total. The van der Waals surface area contributed by atoms with Crippen molar-refractivity contribution in [2.45, 2.75) is 13.3 Å². The van der Waals surface area contributed by atoms with Gasteiger partial charge in [-0.1, -0.05) is 37.3 Å². The molecular formula is C19H15N2O. The van der Waals surface area contributed by atoms with E-state index in [1.165, 1.54) is 0 Å². The van der Waals surface area contributed by atoms with Crippen molar-refractivity contribution in [1.82, 2.24) is 9.97 Å². The Labute approximate surface area is 129 Å². The molecule has 3 aromatic rings. The molecule has 0 fully saturated rings. The maximum Gasteiger partial charge on any atom is 0.236 e. The highest BCUT2D eigenvalue weighted by Gasteiger charge is 2.13. The smallest absolute Gasteiger partial charge is 0.236 e. The highest BCUT2D eigenvalue weighted by atomic mass is 16.1. The second kappa shape index (κ2) is 6.31. The maximum absolute atomic E-state index is 11.6. The minimum atomic E-state index is 0.479. The number of allylic oxidation sites excluding steroid dienone is 2. The average Bonchev–Trinajstić information content (AvgIpc) is 2.60. The zero-order valence-electron chi connectivity index (χ0n) is 12.3. The lowest BCUT2D eigenvalue weighted by Gasteiger charge is -2.09. The van der Waals surface area contributed by atoms with E-state index in [4.69, 9.17) is 0 Å². The van der Waals surface area contributed by atoms with Gasteiger partial charge >= 0.3 is 0 Å². The van der Waals surface area contributed by atoms with Crippen molar-refractivity contribution in [3.05, 3.63) is 72.2 Å². The highest BCUT2D eigenvalue weighted by molar-refractivity contribution is 6.17. The van der Waals surface area contributed by atoms with Gasteiger partial charge in [-0.25, -0.2) is 4.98 Å². The molecule has 0 amide bonds. The van der Waals surface area contributed by atoms with Gasteiger partial charge in [-0.2, -0.15) is 0 Å². The van der Waals surface area contributed by atoms with Gasteiger partial charge in [0.05, 0.1) is 22.5 Å². The molecule has 0 saturated heterocycles. The highest BCUT2D eigenvalue weighted by Crippen LogP contribution is 2.26. The lowest BCUT2D eigenvalue weighted by molar-refractivity contribution is 0.565. The quantitative estimate of drug-likeness (QED) is 0.680. The van der Waals surface area contributed by atoms with Crippen LogP contribution in [0.5, 0.6) is 0 Å². The molecule has 107 valence electrons. The molecule has 0 spiro atoms. The molecule has 3 rings (SSSR count). The van der Waals surface area contributed by atoms with Crippen molar-refractivity contribution < 1.29 is 4.79 Å². The summed E-state index contributed by atoms with van der Waals surface area (Å²) >= 11 is 0. The molecule has 22 heavy (non-hydrogen) atoms. The molecule has 1 aromatic carbocycles. The number of fused-ring (bicyclic) bond motifs is 1. The number of carbonyl (C=O) groups excluding carboxylic acids is 1. The Bertz CT molecular complexity index is 838. The molecule has 0 aliphatic rings. The van der Waals surface area contributed by atoms with E-state index in [9.17, 15) is 4.79 Å². The topological polar surface area (TPSA) is 42.9 Å². The van der Waals surface area contributed by atoms with Crippen LogP contribution >= 0.6 is 0 Å². The van der Waals surface area contributed by atoms with Gasteiger partial charge in [-0.3, -0.25) is 9.78 Å². The third-order valence-corrected chi connectivity index (χ3v) is 3.59. The molecule has 0 aliphatic heterocycles. The zero-order valence-corrected chi connectivity index (χ0v) is 12.3. The van der Waals surface area contributed by atoms with E-state index in [-0.39, 0.29) is 0 Å². The number of hydrogen-bond donors (Lipinski definition) is 0. The summed E-state index contributed by atoms with van der Waals surface area (Å²) in [5.74, 6) is 0. The Morgan fingerprint density at radius 2 is 1.82 bits per heavy atom. The number of benzene rings is 1. The van der Waals surface area contributed by atoms with Crippen molar-refractivity contribution in [3.8, 4) is 0 Å². The lowest BCUT2D eigenvalue weighted by atomic mass is 9.99. The van der Waals surface area contributed by atoms with E-state index in [0.29, 0.717) is 17.7 Å². The van der Waals surface area contributed by atoms with Gasteiger partial charge in [-0.15, -0.1) is 0 Å². The summed E-state index contributed by atoms with van der Waals surface area (Å²) in [6.45, 7) is 2.00. The molecule has 3 nitrogen and oxygen atoms in total. The van der Waals surface area contributed by atoms with Gasteiger partial charge in [0.1, 0.15) is 0 Å². The van der Waals surface area contributed by atoms with Crippen LogP contribution in [0, 0.1) is 0 Å². The number of nitrogens with zero attached hydrogens (tertiary/aromatic N) is 2. The van der Waals surface area contributed by atoms with Gasteiger partial charge in [0, 0.05) is 11.6 Å². The molecular weight excluding hydrogens is 272 g/mol. The van der Waals surface area contributed by atoms with Crippen molar-refractivity contribution in [2.75, 3.05) is 0 Å². The van der Waals surface area contributed by atoms with Crippen LogP contribution in [0.15, 0.2) is 60.8 Å². The normalized spacial score (nSPS) is 12.0. The summed E-state index contributed by atoms with van der Waals surface area (Å²) in [5, 5.41) is 1.05. The monoisotopic (exact) mass is 287 g/mol. The minimum Gasteiger partial charge on any atom is -0.285 e. The van der Waals surface area contributed by atoms with Crippen LogP contribution < -0.4 is 0 Å². The molecule has 1 radical (unpaired) electrons. The molecule has 3 heteroatoms. The van der Waals surface area contributed by atoms with Gasteiger partial charge in [0.15, 0.2) is 0 Å². The van der Waals surface area contributed by atoms with E-state index >= 15 is 0 Å². The Morgan fingerprint density at radius 1 is 1.00 bits per heavy atom.